The molecule has 17 heavy (non-hydrogen) atoms. The van der Waals surface area contributed by atoms with Gasteiger partial charge in [0.25, 0.3) is 0 Å². The van der Waals surface area contributed by atoms with Crippen molar-refractivity contribution in [2.45, 2.75) is 19.0 Å². The Hall–Kier alpha value is -1.55. The van der Waals surface area contributed by atoms with Gasteiger partial charge in [-0.05, 0) is 19.0 Å². The van der Waals surface area contributed by atoms with Crippen molar-refractivity contribution in [2.24, 2.45) is 0 Å². The molecule has 0 spiro atoms. The largest absolute Gasteiger partial charge is 0.334 e. The number of rotatable bonds is 3. The Balaban J connectivity index is 1.78. The van der Waals surface area contributed by atoms with E-state index in [1.165, 1.54) is 0 Å². The second-order valence-electron chi connectivity index (χ2n) is 4.36. The molecule has 2 amide bonds. The van der Waals surface area contributed by atoms with Gasteiger partial charge < -0.3 is 15.5 Å². The fourth-order valence-corrected chi connectivity index (χ4v) is 2.07. The molecule has 1 saturated heterocycles. The summed E-state index contributed by atoms with van der Waals surface area (Å²) in [5.74, 6) is 0. The van der Waals surface area contributed by atoms with Gasteiger partial charge in [-0.15, -0.1) is 0 Å². The van der Waals surface area contributed by atoms with Gasteiger partial charge in [-0.3, -0.25) is 0 Å². The van der Waals surface area contributed by atoms with Gasteiger partial charge in [0.15, 0.2) is 0 Å². The van der Waals surface area contributed by atoms with E-state index in [0.717, 1.165) is 25.1 Å². The van der Waals surface area contributed by atoms with E-state index >= 15 is 0 Å². The molecule has 2 N–H and O–H groups in total. The molecule has 1 fully saturated rings. The molecule has 0 saturated carbocycles. The van der Waals surface area contributed by atoms with Crippen molar-refractivity contribution in [3.8, 4) is 0 Å². The summed E-state index contributed by atoms with van der Waals surface area (Å²) in [6.45, 7) is 2.24. The van der Waals surface area contributed by atoms with Crippen molar-refractivity contribution in [1.82, 2.24) is 15.5 Å². The summed E-state index contributed by atoms with van der Waals surface area (Å²) in [6.07, 6.45) is 1.04. The lowest BCUT2D eigenvalue weighted by molar-refractivity contribution is 0.207. The predicted octanol–water partition coefficient (Wildman–Crippen LogP) is 1.19. The average Bonchev–Trinajstić information content (AvgIpc) is 2.86. The van der Waals surface area contributed by atoms with Gasteiger partial charge in [-0.25, -0.2) is 4.79 Å². The molecule has 1 unspecified atom stereocenters. The Morgan fingerprint density at radius 2 is 2.18 bits per heavy atom. The lowest BCUT2D eigenvalue weighted by Crippen LogP contribution is -2.39. The first-order valence-electron chi connectivity index (χ1n) is 6.03. The zero-order valence-electron chi connectivity index (χ0n) is 10.1. The topological polar surface area (TPSA) is 44.4 Å². The molecule has 1 atom stereocenters. The van der Waals surface area contributed by atoms with Crippen LogP contribution in [0.15, 0.2) is 30.3 Å². The summed E-state index contributed by atoms with van der Waals surface area (Å²) >= 11 is 0. The number of benzene rings is 1. The molecule has 0 bridgehead atoms. The van der Waals surface area contributed by atoms with Crippen molar-refractivity contribution in [3.05, 3.63) is 35.9 Å². The maximum absolute atomic E-state index is 11.9. The molecular weight excluding hydrogens is 214 g/mol. The second-order valence-corrected chi connectivity index (χ2v) is 4.36. The molecule has 0 radical (unpaired) electrons. The van der Waals surface area contributed by atoms with Crippen LogP contribution in [0, 0.1) is 0 Å². The van der Waals surface area contributed by atoms with E-state index < -0.39 is 0 Å². The number of likely N-dealkylation sites (N-methyl/N-ethyl adjacent to an activating group) is 1. The van der Waals surface area contributed by atoms with Crippen LogP contribution >= 0.6 is 0 Å². The number of amides is 2. The zero-order valence-corrected chi connectivity index (χ0v) is 10.1. The minimum atomic E-state index is 0.0339. The molecule has 1 heterocycles. The number of hydrogen-bond acceptors (Lipinski definition) is 2. The number of hydrogen-bond donors (Lipinski definition) is 2. The van der Waals surface area contributed by atoms with E-state index in [4.69, 9.17) is 0 Å². The molecule has 2 rings (SSSR count). The first-order chi connectivity index (χ1) is 8.29. The molecule has 0 aromatic heterocycles. The predicted molar refractivity (Wildman–Crippen MR) is 67.7 cm³/mol. The minimum Gasteiger partial charge on any atom is -0.334 e. The lowest BCUT2D eigenvalue weighted by Gasteiger charge is -2.17. The Kier molecular flexibility index (Phi) is 3.98. The SMILES string of the molecule is CNC1CCN(C(=O)NCc2ccccc2)C1. The normalized spacial score (nSPS) is 19.4. The summed E-state index contributed by atoms with van der Waals surface area (Å²) in [4.78, 5) is 13.7. The quantitative estimate of drug-likeness (QED) is 0.823. The van der Waals surface area contributed by atoms with Crippen LogP contribution in [0.25, 0.3) is 0 Å². The van der Waals surface area contributed by atoms with Crippen LogP contribution in [0.5, 0.6) is 0 Å². The van der Waals surface area contributed by atoms with Crippen molar-refractivity contribution in [3.63, 3.8) is 0 Å². The lowest BCUT2D eigenvalue weighted by atomic mass is 10.2. The Bertz CT molecular complexity index is 366. The minimum absolute atomic E-state index is 0.0339. The highest BCUT2D eigenvalue weighted by Gasteiger charge is 2.24. The summed E-state index contributed by atoms with van der Waals surface area (Å²) in [5, 5.41) is 6.15. The van der Waals surface area contributed by atoms with Gasteiger partial charge in [-0.1, -0.05) is 30.3 Å². The third kappa shape index (κ3) is 3.20. The Morgan fingerprint density at radius 3 is 2.82 bits per heavy atom. The smallest absolute Gasteiger partial charge is 0.317 e. The number of carbonyl (C=O) groups excluding carboxylic acids is 1. The van der Waals surface area contributed by atoms with E-state index in [1.807, 2.05) is 42.3 Å². The van der Waals surface area contributed by atoms with Gasteiger partial charge in [0.2, 0.25) is 0 Å². The van der Waals surface area contributed by atoms with Crippen molar-refractivity contribution >= 4 is 6.03 Å². The monoisotopic (exact) mass is 233 g/mol. The standard InChI is InChI=1S/C13H19N3O/c1-14-12-7-8-16(10-12)13(17)15-9-11-5-3-2-4-6-11/h2-6,12,14H,7-10H2,1H3,(H,15,17). The highest BCUT2D eigenvalue weighted by atomic mass is 16.2. The van der Waals surface area contributed by atoms with Crippen molar-refractivity contribution in [2.75, 3.05) is 20.1 Å². The average molecular weight is 233 g/mol. The summed E-state index contributed by atoms with van der Waals surface area (Å²) < 4.78 is 0. The highest BCUT2D eigenvalue weighted by molar-refractivity contribution is 5.74. The van der Waals surface area contributed by atoms with Crippen LogP contribution in [-0.2, 0) is 6.54 Å². The van der Waals surface area contributed by atoms with Gasteiger partial charge in [0.05, 0.1) is 0 Å². The third-order valence-electron chi connectivity index (χ3n) is 3.17. The summed E-state index contributed by atoms with van der Waals surface area (Å²) in [7, 11) is 1.94. The van der Waals surface area contributed by atoms with Crippen LogP contribution < -0.4 is 10.6 Å². The summed E-state index contributed by atoms with van der Waals surface area (Å²) in [6, 6.07) is 10.4. The second kappa shape index (κ2) is 5.68. The van der Waals surface area contributed by atoms with Crippen molar-refractivity contribution in [1.29, 1.82) is 0 Å². The Morgan fingerprint density at radius 1 is 1.41 bits per heavy atom. The summed E-state index contributed by atoms with van der Waals surface area (Å²) in [5.41, 5.74) is 1.13. The number of likely N-dealkylation sites (tertiary alicyclic amines) is 1. The van der Waals surface area contributed by atoms with E-state index in [0.29, 0.717) is 12.6 Å². The van der Waals surface area contributed by atoms with E-state index in [2.05, 4.69) is 10.6 Å². The number of carbonyl (C=O) groups is 1. The molecule has 92 valence electrons. The van der Waals surface area contributed by atoms with Crippen LogP contribution in [0.3, 0.4) is 0 Å². The molecule has 1 aromatic carbocycles. The molecule has 0 aliphatic carbocycles. The number of nitrogens with one attached hydrogen (secondary N) is 2. The van der Waals surface area contributed by atoms with E-state index in [9.17, 15) is 4.79 Å². The Labute approximate surface area is 102 Å². The van der Waals surface area contributed by atoms with Crippen LogP contribution in [0.4, 0.5) is 4.79 Å². The third-order valence-corrected chi connectivity index (χ3v) is 3.17. The van der Waals surface area contributed by atoms with Crippen LogP contribution in [0.1, 0.15) is 12.0 Å². The van der Waals surface area contributed by atoms with Gasteiger partial charge >= 0.3 is 6.03 Å². The van der Waals surface area contributed by atoms with Crippen LogP contribution in [0.2, 0.25) is 0 Å². The first-order valence-corrected chi connectivity index (χ1v) is 6.03. The molecule has 1 aliphatic rings. The fraction of sp³-hybridized carbons (Fsp3) is 0.462. The maximum Gasteiger partial charge on any atom is 0.317 e. The first kappa shape index (κ1) is 11.9. The zero-order chi connectivity index (χ0) is 12.1. The molecular formula is C13H19N3O. The van der Waals surface area contributed by atoms with Crippen LogP contribution in [-0.4, -0.2) is 37.1 Å². The van der Waals surface area contributed by atoms with Gasteiger partial charge in [0, 0.05) is 25.7 Å². The fourth-order valence-electron chi connectivity index (χ4n) is 2.07. The highest BCUT2D eigenvalue weighted by Crippen LogP contribution is 2.08. The molecule has 4 heteroatoms. The molecule has 1 aromatic rings. The maximum atomic E-state index is 11.9. The van der Waals surface area contributed by atoms with E-state index in [1.54, 1.807) is 0 Å². The van der Waals surface area contributed by atoms with Gasteiger partial charge in [0.1, 0.15) is 0 Å². The molecule has 4 nitrogen and oxygen atoms in total. The van der Waals surface area contributed by atoms with Crippen molar-refractivity contribution < 1.29 is 4.79 Å². The molecule has 1 aliphatic heterocycles. The van der Waals surface area contributed by atoms with E-state index in [-0.39, 0.29) is 6.03 Å². The van der Waals surface area contributed by atoms with Gasteiger partial charge in [-0.2, -0.15) is 0 Å². The number of nitrogens with zero attached hydrogens (tertiary/aromatic N) is 1. The number of urea groups is 1.